The van der Waals surface area contributed by atoms with E-state index in [1.54, 1.807) is 24.0 Å². The van der Waals surface area contributed by atoms with Crippen molar-refractivity contribution in [3.63, 3.8) is 0 Å². The van der Waals surface area contributed by atoms with Crippen LogP contribution in [0.2, 0.25) is 0 Å². The Morgan fingerprint density at radius 3 is 2.42 bits per heavy atom. The predicted octanol–water partition coefficient (Wildman–Crippen LogP) is 3.93. The lowest BCUT2D eigenvalue weighted by molar-refractivity contribution is -0.137. The Bertz CT molecular complexity index is 1170. The largest absolute Gasteiger partial charge is 0.416 e. The summed E-state index contributed by atoms with van der Waals surface area (Å²) in [4.78, 5) is 22.4. The van der Waals surface area contributed by atoms with Gasteiger partial charge in [0.25, 0.3) is 5.91 Å². The summed E-state index contributed by atoms with van der Waals surface area (Å²) in [5.41, 5.74) is 1.97. The van der Waals surface area contributed by atoms with Crippen LogP contribution in [0.25, 0.3) is 22.8 Å². The van der Waals surface area contributed by atoms with E-state index in [9.17, 15) is 22.4 Å². The van der Waals surface area contributed by atoms with E-state index in [4.69, 9.17) is 0 Å². The summed E-state index contributed by atoms with van der Waals surface area (Å²) in [6.45, 7) is 3.35. The third-order valence-corrected chi connectivity index (χ3v) is 5.01. The molecule has 1 aromatic carbocycles. The van der Waals surface area contributed by atoms with Crippen LogP contribution >= 0.6 is 0 Å². The Morgan fingerprint density at radius 2 is 1.84 bits per heavy atom. The molecule has 0 spiro atoms. The van der Waals surface area contributed by atoms with E-state index < -0.39 is 23.5 Å². The van der Waals surface area contributed by atoms with Gasteiger partial charge in [0.1, 0.15) is 5.69 Å². The van der Waals surface area contributed by atoms with E-state index >= 15 is 0 Å². The van der Waals surface area contributed by atoms with Crippen molar-refractivity contribution in [2.75, 3.05) is 6.54 Å². The second kappa shape index (κ2) is 7.60. The van der Waals surface area contributed by atoms with Crippen LogP contribution in [0, 0.1) is 0 Å². The number of fused-ring (bicyclic) bond motifs is 1. The van der Waals surface area contributed by atoms with Crippen molar-refractivity contribution in [1.29, 1.82) is 0 Å². The van der Waals surface area contributed by atoms with E-state index in [1.165, 1.54) is 17.0 Å². The third kappa shape index (κ3) is 4.05. The molecule has 4 rings (SSSR count). The predicted molar refractivity (Wildman–Crippen MR) is 104 cm³/mol. The topological polar surface area (TPSA) is 63.9 Å². The molecule has 1 aliphatic heterocycles. The maximum atomic E-state index is 13.4. The van der Waals surface area contributed by atoms with Crippen LogP contribution in [0.3, 0.4) is 0 Å². The maximum Gasteiger partial charge on any atom is 0.416 e. The molecule has 6 nitrogen and oxygen atoms in total. The minimum absolute atomic E-state index is 0.0348. The standard InChI is InChI=1S/C21H17F4N5O/c1-12(22)20(31)30-10-7-15-17(11-30)26-19(27-18(15)16-8-9-29(2)28-16)13-3-5-14(6-4-13)21(23,24)25/h3-6,8-9H,1,7,10-11H2,2H3. The van der Waals surface area contributed by atoms with Crippen molar-refractivity contribution in [3.05, 3.63) is 65.8 Å². The number of nitrogens with zero attached hydrogens (tertiary/aromatic N) is 5. The quantitative estimate of drug-likeness (QED) is 0.466. The highest BCUT2D eigenvalue weighted by atomic mass is 19.4. The van der Waals surface area contributed by atoms with Crippen molar-refractivity contribution in [2.45, 2.75) is 19.1 Å². The summed E-state index contributed by atoms with van der Waals surface area (Å²) < 4.78 is 53.7. The summed E-state index contributed by atoms with van der Waals surface area (Å²) in [5, 5.41) is 4.38. The molecule has 3 aromatic rings. The molecule has 0 unspecified atom stereocenters. The van der Waals surface area contributed by atoms with Crippen molar-refractivity contribution < 1.29 is 22.4 Å². The highest BCUT2D eigenvalue weighted by Gasteiger charge is 2.31. The number of aryl methyl sites for hydroxylation is 1. The second-order valence-corrected chi connectivity index (χ2v) is 7.15. The average Bonchev–Trinajstić information content (AvgIpc) is 3.17. The lowest BCUT2D eigenvalue weighted by atomic mass is 10.00. The summed E-state index contributed by atoms with van der Waals surface area (Å²) >= 11 is 0. The van der Waals surface area contributed by atoms with Gasteiger partial charge in [0.15, 0.2) is 11.7 Å². The molecule has 1 aliphatic rings. The smallest absolute Gasteiger partial charge is 0.330 e. The van der Waals surface area contributed by atoms with Gasteiger partial charge in [-0.3, -0.25) is 9.48 Å². The van der Waals surface area contributed by atoms with Gasteiger partial charge in [0, 0.05) is 30.9 Å². The first-order valence-corrected chi connectivity index (χ1v) is 9.34. The van der Waals surface area contributed by atoms with Crippen LogP contribution in [-0.4, -0.2) is 37.1 Å². The van der Waals surface area contributed by atoms with Gasteiger partial charge in [0.2, 0.25) is 0 Å². The molecular weight excluding hydrogens is 414 g/mol. The number of carbonyl (C=O) groups is 1. The first-order chi connectivity index (χ1) is 14.6. The Hall–Kier alpha value is -3.56. The molecule has 0 bridgehead atoms. The Balaban J connectivity index is 1.81. The molecule has 0 atom stereocenters. The Kier molecular flexibility index (Phi) is 5.08. The third-order valence-electron chi connectivity index (χ3n) is 5.01. The molecule has 160 valence electrons. The van der Waals surface area contributed by atoms with Gasteiger partial charge in [0.05, 0.1) is 23.5 Å². The van der Waals surface area contributed by atoms with E-state index in [0.29, 0.717) is 29.1 Å². The zero-order chi connectivity index (χ0) is 22.3. The number of hydrogen-bond acceptors (Lipinski definition) is 4. The molecule has 2 aromatic heterocycles. The van der Waals surface area contributed by atoms with Crippen LogP contribution in [0.1, 0.15) is 16.8 Å². The molecule has 0 radical (unpaired) electrons. The summed E-state index contributed by atoms with van der Waals surface area (Å²) in [7, 11) is 1.75. The fourth-order valence-corrected chi connectivity index (χ4v) is 3.47. The van der Waals surface area contributed by atoms with Crippen molar-refractivity contribution in [1.82, 2.24) is 24.6 Å². The van der Waals surface area contributed by atoms with Crippen LogP contribution in [0.4, 0.5) is 17.6 Å². The number of halogens is 4. The fraction of sp³-hybridized carbons (Fsp3) is 0.238. The van der Waals surface area contributed by atoms with Crippen LogP contribution in [-0.2, 0) is 31.0 Å². The molecule has 0 saturated carbocycles. The second-order valence-electron chi connectivity index (χ2n) is 7.15. The number of carbonyl (C=O) groups excluding carboxylic acids is 1. The number of amides is 1. The molecule has 0 aliphatic carbocycles. The fourth-order valence-electron chi connectivity index (χ4n) is 3.47. The lowest BCUT2D eigenvalue weighted by Gasteiger charge is -2.28. The first-order valence-electron chi connectivity index (χ1n) is 9.34. The number of hydrogen-bond donors (Lipinski definition) is 0. The highest BCUT2D eigenvalue weighted by molar-refractivity contribution is 5.90. The van der Waals surface area contributed by atoms with Crippen LogP contribution < -0.4 is 0 Å². The highest BCUT2D eigenvalue weighted by Crippen LogP contribution is 2.33. The number of alkyl halides is 3. The molecule has 0 N–H and O–H groups in total. The number of benzene rings is 1. The summed E-state index contributed by atoms with van der Waals surface area (Å²) in [6.07, 6.45) is -2.33. The van der Waals surface area contributed by atoms with Crippen LogP contribution in [0.15, 0.2) is 48.9 Å². The molecular formula is C21H17F4N5O. The van der Waals surface area contributed by atoms with E-state index in [2.05, 4.69) is 21.6 Å². The normalized spacial score (nSPS) is 13.8. The lowest BCUT2D eigenvalue weighted by Crippen LogP contribution is -2.37. The van der Waals surface area contributed by atoms with E-state index in [-0.39, 0.29) is 18.9 Å². The van der Waals surface area contributed by atoms with Gasteiger partial charge in [-0.25, -0.2) is 14.4 Å². The summed E-state index contributed by atoms with van der Waals surface area (Å²) in [6, 6.07) is 6.27. The average molecular weight is 431 g/mol. The molecule has 1 amide bonds. The van der Waals surface area contributed by atoms with Gasteiger partial charge >= 0.3 is 6.18 Å². The zero-order valence-corrected chi connectivity index (χ0v) is 16.4. The molecule has 31 heavy (non-hydrogen) atoms. The molecule has 0 fully saturated rings. The van der Waals surface area contributed by atoms with Gasteiger partial charge < -0.3 is 4.90 Å². The molecule has 0 saturated heterocycles. The van der Waals surface area contributed by atoms with Crippen molar-refractivity contribution in [2.24, 2.45) is 7.05 Å². The first kappa shape index (κ1) is 20.7. The SMILES string of the molecule is C=C(F)C(=O)N1CCc2c(nc(-c3ccc(C(F)(F)F)cc3)nc2-c2ccn(C)n2)C1. The molecule has 3 heterocycles. The zero-order valence-electron chi connectivity index (χ0n) is 16.4. The minimum Gasteiger partial charge on any atom is -0.330 e. The van der Waals surface area contributed by atoms with Gasteiger partial charge in [-0.05, 0) is 24.6 Å². The van der Waals surface area contributed by atoms with Gasteiger partial charge in [-0.1, -0.05) is 18.7 Å². The van der Waals surface area contributed by atoms with Crippen molar-refractivity contribution in [3.8, 4) is 22.8 Å². The number of aromatic nitrogens is 4. The minimum atomic E-state index is -4.45. The van der Waals surface area contributed by atoms with Crippen molar-refractivity contribution >= 4 is 5.91 Å². The maximum absolute atomic E-state index is 13.4. The van der Waals surface area contributed by atoms with Gasteiger partial charge in [-0.15, -0.1) is 0 Å². The monoisotopic (exact) mass is 431 g/mol. The Labute approximate surface area is 174 Å². The Morgan fingerprint density at radius 1 is 1.13 bits per heavy atom. The molecule has 10 heteroatoms. The van der Waals surface area contributed by atoms with Gasteiger partial charge in [-0.2, -0.15) is 18.3 Å². The number of rotatable bonds is 3. The summed E-state index contributed by atoms with van der Waals surface area (Å²) in [5.74, 6) is -1.69. The van der Waals surface area contributed by atoms with E-state index in [0.717, 1.165) is 17.7 Å². The van der Waals surface area contributed by atoms with E-state index in [1.807, 2.05) is 0 Å². The van der Waals surface area contributed by atoms with Crippen LogP contribution in [0.5, 0.6) is 0 Å².